The van der Waals surface area contributed by atoms with Crippen LogP contribution in [-0.4, -0.2) is 19.2 Å². The molecular weight excluding hydrogens is 322 g/mol. The summed E-state index contributed by atoms with van der Waals surface area (Å²) in [5, 5.41) is 0. The number of ether oxygens (including phenoxy) is 2. The summed E-state index contributed by atoms with van der Waals surface area (Å²) in [4.78, 5) is 3.75. The number of aromatic nitrogens is 1. The van der Waals surface area contributed by atoms with Gasteiger partial charge >= 0.3 is 0 Å². The molecule has 0 amide bonds. The Bertz CT molecular complexity index is 896. The molecule has 1 aromatic heterocycles. The summed E-state index contributed by atoms with van der Waals surface area (Å²) in [6.07, 6.45) is 5.80. The lowest BCUT2D eigenvalue weighted by Gasteiger charge is -2.15. The first-order valence-corrected chi connectivity index (χ1v) is 9.29. The maximum Gasteiger partial charge on any atom is 0.161 e. The van der Waals surface area contributed by atoms with E-state index in [9.17, 15) is 0 Å². The second-order valence-electron chi connectivity index (χ2n) is 6.87. The average molecular weight is 347 g/mol. The third kappa shape index (κ3) is 3.10. The molecule has 0 spiro atoms. The van der Waals surface area contributed by atoms with E-state index in [1.807, 2.05) is 6.07 Å². The molecule has 4 rings (SSSR count). The molecule has 0 unspecified atom stereocenters. The molecule has 0 aliphatic heterocycles. The fourth-order valence-electron chi connectivity index (χ4n) is 4.01. The molecule has 0 radical (unpaired) electrons. The fraction of sp³-hybridized carbons (Fsp3) is 0.304. The number of rotatable bonds is 5. The van der Waals surface area contributed by atoms with Crippen molar-refractivity contribution in [3.63, 3.8) is 0 Å². The Morgan fingerprint density at radius 2 is 1.58 bits per heavy atom. The van der Waals surface area contributed by atoms with E-state index in [4.69, 9.17) is 9.47 Å². The lowest BCUT2D eigenvalue weighted by molar-refractivity contribution is 0.355. The van der Waals surface area contributed by atoms with Gasteiger partial charge in [-0.25, -0.2) is 0 Å². The quantitative estimate of drug-likeness (QED) is 0.691. The van der Waals surface area contributed by atoms with Gasteiger partial charge < -0.3 is 14.5 Å². The van der Waals surface area contributed by atoms with Crippen LogP contribution in [0.1, 0.15) is 35.2 Å². The van der Waals surface area contributed by atoms with Crippen LogP contribution in [0.2, 0.25) is 0 Å². The Balaban J connectivity index is 1.77. The van der Waals surface area contributed by atoms with Crippen molar-refractivity contribution in [2.24, 2.45) is 0 Å². The number of hydrogen-bond acceptors (Lipinski definition) is 2. The Morgan fingerprint density at radius 3 is 2.31 bits per heavy atom. The van der Waals surface area contributed by atoms with Crippen molar-refractivity contribution < 1.29 is 9.47 Å². The molecule has 1 aliphatic rings. The third-order valence-electron chi connectivity index (χ3n) is 5.31. The van der Waals surface area contributed by atoms with Crippen molar-refractivity contribution >= 4 is 0 Å². The van der Waals surface area contributed by atoms with Crippen LogP contribution >= 0.6 is 0 Å². The van der Waals surface area contributed by atoms with Crippen molar-refractivity contribution in [1.29, 1.82) is 0 Å². The van der Waals surface area contributed by atoms with Gasteiger partial charge in [-0.2, -0.15) is 0 Å². The van der Waals surface area contributed by atoms with E-state index < -0.39 is 0 Å². The first kappa shape index (κ1) is 16.8. The Labute approximate surface area is 155 Å². The number of hydrogen-bond donors (Lipinski definition) is 1. The van der Waals surface area contributed by atoms with Crippen LogP contribution in [0.3, 0.4) is 0 Å². The molecule has 3 nitrogen and oxygen atoms in total. The second-order valence-corrected chi connectivity index (χ2v) is 6.87. The van der Waals surface area contributed by atoms with Gasteiger partial charge in [-0.3, -0.25) is 0 Å². The highest BCUT2D eigenvalue weighted by Crippen LogP contribution is 2.38. The maximum absolute atomic E-state index is 5.51. The third-order valence-corrected chi connectivity index (χ3v) is 5.31. The Hall–Kier alpha value is -2.68. The van der Waals surface area contributed by atoms with Gasteiger partial charge in [-0.05, 0) is 60.6 Å². The van der Waals surface area contributed by atoms with E-state index in [0.717, 1.165) is 24.3 Å². The van der Waals surface area contributed by atoms with Crippen molar-refractivity contribution in [3.05, 3.63) is 70.9 Å². The monoisotopic (exact) mass is 347 g/mol. The summed E-state index contributed by atoms with van der Waals surface area (Å²) in [5.41, 5.74) is 8.11. The molecule has 0 saturated carbocycles. The molecule has 1 aliphatic carbocycles. The van der Waals surface area contributed by atoms with Crippen molar-refractivity contribution in [2.45, 2.75) is 32.1 Å². The molecule has 0 saturated heterocycles. The van der Waals surface area contributed by atoms with E-state index in [1.165, 1.54) is 52.9 Å². The summed E-state index contributed by atoms with van der Waals surface area (Å²) < 4.78 is 10.9. The number of fused-ring (bicyclic) bond motifs is 1. The highest BCUT2D eigenvalue weighted by Gasteiger charge is 2.22. The normalized spacial score (nSPS) is 13.3. The van der Waals surface area contributed by atoms with E-state index in [0.29, 0.717) is 0 Å². The summed E-state index contributed by atoms with van der Waals surface area (Å²) in [6, 6.07) is 16.9. The SMILES string of the molecule is COc1ccc(-c2[nH]c(Cc3ccccc3)c3c2CCCC3)cc1OC. The molecule has 26 heavy (non-hydrogen) atoms. The molecule has 3 aromatic rings. The molecule has 2 aromatic carbocycles. The molecule has 0 atom stereocenters. The molecule has 1 N–H and O–H groups in total. The zero-order valence-corrected chi connectivity index (χ0v) is 15.5. The number of aromatic amines is 1. The topological polar surface area (TPSA) is 34.2 Å². The van der Waals surface area contributed by atoms with Gasteiger partial charge in [0.15, 0.2) is 11.5 Å². The molecule has 134 valence electrons. The predicted molar refractivity (Wildman–Crippen MR) is 105 cm³/mol. The lowest BCUT2D eigenvalue weighted by Crippen LogP contribution is -2.03. The molecule has 3 heteroatoms. The van der Waals surface area contributed by atoms with E-state index in [1.54, 1.807) is 14.2 Å². The van der Waals surface area contributed by atoms with Gasteiger partial charge in [0, 0.05) is 23.4 Å². The van der Waals surface area contributed by atoms with Crippen molar-refractivity contribution in [1.82, 2.24) is 4.98 Å². The maximum atomic E-state index is 5.51. The predicted octanol–water partition coefficient (Wildman–Crippen LogP) is 5.17. The second kappa shape index (κ2) is 7.28. The molecule has 0 fully saturated rings. The van der Waals surface area contributed by atoms with Crippen molar-refractivity contribution in [2.75, 3.05) is 14.2 Å². The first-order valence-electron chi connectivity index (χ1n) is 9.29. The zero-order chi connectivity index (χ0) is 17.9. The Kier molecular flexibility index (Phi) is 4.70. The van der Waals surface area contributed by atoms with Crippen LogP contribution in [-0.2, 0) is 19.3 Å². The van der Waals surface area contributed by atoms with Crippen LogP contribution in [0, 0.1) is 0 Å². The molecule has 1 heterocycles. The van der Waals surface area contributed by atoms with Crippen LogP contribution in [0.15, 0.2) is 48.5 Å². The minimum absolute atomic E-state index is 0.765. The minimum Gasteiger partial charge on any atom is -0.493 e. The van der Waals surface area contributed by atoms with E-state index in [-0.39, 0.29) is 0 Å². The number of benzene rings is 2. The van der Waals surface area contributed by atoms with Gasteiger partial charge in [0.05, 0.1) is 14.2 Å². The van der Waals surface area contributed by atoms with Crippen molar-refractivity contribution in [3.8, 4) is 22.8 Å². The van der Waals surface area contributed by atoms with Gasteiger partial charge in [-0.15, -0.1) is 0 Å². The summed E-state index contributed by atoms with van der Waals surface area (Å²) in [7, 11) is 3.36. The van der Waals surface area contributed by atoms with Gasteiger partial charge in [0.2, 0.25) is 0 Å². The van der Waals surface area contributed by atoms with Gasteiger partial charge in [-0.1, -0.05) is 30.3 Å². The average Bonchev–Trinajstić information content (AvgIpc) is 3.07. The number of nitrogens with one attached hydrogen (secondary N) is 1. The van der Waals surface area contributed by atoms with Gasteiger partial charge in [0.25, 0.3) is 0 Å². The first-order chi connectivity index (χ1) is 12.8. The van der Waals surface area contributed by atoms with E-state index >= 15 is 0 Å². The smallest absolute Gasteiger partial charge is 0.161 e. The molecule has 0 bridgehead atoms. The zero-order valence-electron chi connectivity index (χ0n) is 15.5. The fourth-order valence-corrected chi connectivity index (χ4v) is 4.01. The Morgan fingerprint density at radius 1 is 0.846 bits per heavy atom. The standard InChI is InChI=1S/C23H25NO2/c1-25-21-13-12-17(15-22(21)26-2)23-19-11-7-6-10-18(19)20(24-23)14-16-8-4-3-5-9-16/h3-5,8-9,12-13,15,24H,6-7,10-11,14H2,1-2H3. The summed E-state index contributed by atoms with van der Waals surface area (Å²) in [5.74, 6) is 1.54. The molecular formula is C23H25NO2. The highest BCUT2D eigenvalue weighted by molar-refractivity contribution is 5.70. The lowest BCUT2D eigenvalue weighted by atomic mass is 9.89. The number of H-pyrrole nitrogens is 1. The largest absolute Gasteiger partial charge is 0.493 e. The van der Waals surface area contributed by atoms with Crippen LogP contribution in [0.5, 0.6) is 11.5 Å². The minimum atomic E-state index is 0.765. The highest BCUT2D eigenvalue weighted by atomic mass is 16.5. The number of methoxy groups -OCH3 is 2. The van der Waals surface area contributed by atoms with E-state index in [2.05, 4.69) is 47.4 Å². The summed E-state index contributed by atoms with van der Waals surface area (Å²) >= 11 is 0. The van der Waals surface area contributed by atoms with Crippen LogP contribution < -0.4 is 9.47 Å². The van der Waals surface area contributed by atoms with Gasteiger partial charge in [0.1, 0.15) is 0 Å². The summed E-state index contributed by atoms with van der Waals surface area (Å²) in [6.45, 7) is 0. The van der Waals surface area contributed by atoms with Crippen LogP contribution in [0.25, 0.3) is 11.3 Å². The van der Waals surface area contributed by atoms with Crippen LogP contribution in [0.4, 0.5) is 0 Å².